The number of hydrogen-bond acceptors (Lipinski definition) is 3. The smallest absolute Gasteiger partial charge is 0.191 e. The van der Waals surface area contributed by atoms with Crippen molar-refractivity contribution in [3.8, 4) is 0 Å². The van der Waals surface area contributed by atoms with E-state index >= 15 is 0 Å². The lowest BCUT2D eigenvalue weighted by atomic mass is 9.96. The first-order valence-corrected chi connectivity index (χ1v) is 11.0. The first kappa shape index (κ1) is 20.9. The first-order valence-electron chi connectivity index (χ1n) is 11.0. The molecule has 5 nitrogen and oxygen atoms in total. The molecule has 0 bridgehead atoms. The maximum atomic E-state index is 6.06. The van der Waals surface area contributed by atoms with Crippen molar-refractivity contribution in [3.63, 3.8) is 0 Å². The number of ether oxygens (including phenoxy) is 2. The van der Waals surface area contributed by atoms with Crippen molar-refractivity contribution in [2.75, 3.05) is 26.8 Å². The first-order chi connectivity index (χ1) is 14.8. The van der Waals surface area contributed by atoms with Crippen molar-refractivity contribution in [3.05, 3.63) is 71.3 Å². The van der Waals surface area contributed by atoms with Gasteiger partial charge in [0.1, 0.15) is 0 Å². The third kappa shape index (κ3) is 5.61. The zero-order chi connectivity index (χ0) is 20.7. The largest absolute Gasteiger partial charge is 0.381 e. The molecule has 1 saturated heterocycles. The normalized spacial score (nSPS) is 18.8. The van der Waals surface area contributed by atoms with Crippen LogP contribution in [0, 0.1) is 0 Å². The average molecular weight is 408 g/mol. The minimum absolute atomic E-state index is 0.264. The predicted octanol–water partition coefficient (Wildman–Crippen LogP) is 3.78. The van der Waals surface area contributed by atoms with Crippen molar-refractivity contribution in [1.82, 2.24) is 10.6 Å². The van der Waals surface area contributed by atoms with Gasteiger partial charge in [-0.3, -0.25) is 4.99 Å². The van der Waals surface area contributed by atoms with Gasteiger partial charge in [0.25, 0.3) is 0 Å². The third-order valence-corrected chi connectivity index (χ3v) is 6.16. The zero-order valence-corrected chi connectivity index (χ0v) is 17.9. The highest BCUT2D eigenvalue weighted by molar-refractivity contribution is 5.79. The van der Waals surface area contributed by atoms with Crippen molar-refractivity contribution in [1.29, 1.82) is 0 Å². The highest BCUT2D eigenvalue weighted by atomic mass is 16.5. The lowest BCUT2D eigenvalue weighted by molar-refractivity contribution is -0.0390. The van der Waals surface area contributed by atoms with Crippen LogP contribution in [-0.4, -0.2) is 38.9 Å². The Labute approximate surface area is 179 Å². The molecule has 0 radical (unpaired) electrons. The quantitative estimate of drug-likeness (QED) is 0.517. The fourth-order valence-corrected chi connectivity index (χ4v) is 4.06. The summed E-state index contributed by atoms with van der Waals surface area (Å²) < 4.78 is 11.5. The van der Waals surface area contributed by atoms with Crippen LogP contribution in [0.3, 0.4) is 0 Å². The molecule has 30 heavy (non-hydrogen) atoms. The summed E-state index contributed by atoms with van der Waals surface area (Å²) in [5, 5.41) is 6.98. The molecule has 5 heteroatoms. The molecule has 2 N–H and O–H groups in total. The fourth-order valence-electron chi connectivity index (χ4n) is 4.06. The SMILES string of the molecule is CN=C(NCc1cccc(COC2CCOCC2)c1)NCC1(c2ccccc2)CC1. The average Bonchev–Trinajstić information content (AvgIpc) is 3.61. The Morgan fingerprint density at radius 2 is 1.80 bits per heavy atom. The maximum Gasteiger partial charge on any atom is 0.191 e. The molecular formula is C25H33N3O2. The highest BCUT2D eigenvalue weighted by Gasteiger charge is 2.43. The monoisotopic (exact) mass is 407 g/mol. The van der Waals surface area contributed by atoms with Crippen LogP contribution in [0.2, 0.25) is 0 Å². The molecule has 1 heterocycles. The molecule has 0 atom stereocenters. The Kier molecular flexibility index (Phi) is 7.03. The molecule has 4 rings (SSSR count). The van der Waals surface area contributed by atoms with Gasteiger partial charge in [0.15, 0.2) is 5.96 Å². The standard InChI is InChI=1S/C25H33N3O2/c1-26-24(28-19-25(12-13-25)22-8-3-2-4-9-22)27-17-20-6-5-7-21(16-20)18-30-23-10-14-29-15-11-23/h2-9,16,23H,10-15,17-19H2,1H3,(H2,26,27,28). The van der Waals surface area contributed by atoms with E-state index in [9.17, 15) is 0 Å². The summed E-state index contributed by atoms with van der Waals surface area (Å²) >= 11 is 0. The summed E-state index contributed by atoms with van der Waals surface area (Å²) in [4.78, 5) is 4.41. The molecule has 1 saturated carbocycles. The number of nitrogens with zero attached hydrogens (tertiary/aromatic N) is 1. The van der Waals surface area contributed by atoms with E-state index in [0.29, 0.717) is 12.7 Å². The van der Waals surface area contributed by atoms with Crippen molar-refractivity contribution in [2.45, 2.75) is 50.4 Å². The molecule has 2 aromatic rings. The Balaban J connectivity index is 1.25. The van der Waals surface area contributed by atoms with Gasteiger partial charge in [0, 0.05) is 38.8 Å². The van der Waals surface area contributed by atoms with Crippen LogP contribution in [0.5, 0.6) is 0 Å². The summed E-state index contributed by atoms with van der Waals surface area (Å²) in [5.41, 5.74) is 4.13. The van der Waals surface area contributed by atoms with Crippen LogP contribution in [-0.2, 0) is 28.0 Å². The molecule has 0 unspecified atom stereocenters. The fraction of sp³-hybridized carbons (Fsp3) is 0.480. The number of benzene rings is 2. The number of nitrogens with one attached hydrogen (secondary N) is 2. The minimum Gasteiger partial charge on any atom is -0.381 e. The number of guanidine groups is 1. The molecule has 0 amide bonds. The van der Waals surface area contributed by atoms with Crippen LogP contribution in [0.25, 0.3) is 0 Å². The van der Waals surface area contributed by atoms with Gasteiger partial charge < -0.3 is 20.1 Å². The van der Waals surface area contributed by atoms with Crippen molar-refractivity contribution in [2.24, 2.45) is 4.99 Å². The van der Waals surface area contributed by atoms with E-state index in [0.717, 1.165) is 45.1 Å². The lowest BCUT2D eigenvalue weighted by Gasteiger charge is -2.22. The Morgan fingerprint density at radius 3 is 2.53 bits per heavy atom. The maximum absolute atomic E-state index is 6.06. The second-order valence-electron chi connectivity index (χ2n) is 8.37. The summed E-state index contributed by atoms with van der Waals surface area (Å²) in [6.07, 6.45) is 4.77. The summed E-state index contributed by atoms with van der Waals surface area (Å²) in [6.45, 7) is 3.93. The molecule has 2 aliphatic rings. The van der Waals surface area contributed by atoms with Crippen LogP contribution >= 0.6 is 0 Å². The molecular weight excluding hydrogens is 374 g/mol. The van der Waals surface area contributed by atoms with Crippen molar-refractivity contribution >= 4 is 5.96 Å². The van der Waals surface area contributed by atoms with Crippen LogP contribution in [0.15, 0.2) is 59.6 Å². The van der Waals surface area contributed by atoms with E-state index in [1.54, 1.807) is 0 Å². The molecule has 1 aliphatic heterocycles. The van der Waals surface area contributed by atoms with Gasteiger partial charge in [-0.15, -0.1) is 0 Å². The van der Waals surface area contributed by atoms with E-state index in [2.05, 4.69) is 70.2 Å². The molecule has 2 aromatic carbocycles. The Morgan fingerprint density at radius 1 is 1.03 bits per heavy atom. The van der Waals surface area contributed by atoms with Crippen LogP contribution in [0.4, 0.5) is 0 Å². The zero-order valence-electron chi connectivity index (χ0n) is 17.9. The second kappa shape index (κ2) is 10.1. The molecule has 0 aromatic heterocycles. The summed E-state index contributed by atoms with van der Waals surface area (Å²) in [6, 6.07) is 19.4. The predicted molar refractivity (Wildman–Crippen MR) is 121 cm³/mol. The minimum atomic E-state index is 0.264. The third-order valence-electron chi connectivity index (χ3n) is 6.16. The lowest BCUT2D eigenvalue weighted by Crippen LogP contribution is -2.40. The van der Waals surface area contributed by atoms with E-state index < -0.39 is 0 Å². The van der Waals surface area contributed by atoms with Crippen LogP contribution in [0.1, 0.15) is 42.4 Å². The summed E-state index contributed by atoms with van der Waals surface area (Å²) in [5.74, 6) is 0.848. The van der Waals surface area contributed by atoms with Crippen molar-refractivity contribution < 1.29 is 9.47 Å². The van der Waals surface area contributed by atoms with Gasteiger partial charge >= 0.3 is 0 Å². The Hall–Kier alpha value is -2.37. The number of rotatable bonds is 8. The molecule has 0 spiro atoms. The Bertz CT molecular complexity index is 827. The van der Waals surface area contributed by atoms with Gasteiger partial charge in [-0.25, -0.2) is 0 Å². The van der Waals surface area contributed by atoms with Gasteiger partial charge in [0.05, 0.1) is 12.7 Å². The van der Waals surface area contributed by atoms with Gasteiger partial charge in [-0.2, -0.15) is 0 Å². The van der Waals surface area contributed by atoms with E-state index in [4.69, 9.17) is 9.47 Å². The second-order valence-corrected chi connectivity index (χ2v) is 8.37. The molecule has 2 fully saturated rings. The summed E-state index contributed by atoms with van der Waals surface area (Å²) in [7, 11) is 1.83. The van der Waals surface area contributed by atoms with E-state index in [-0.39, 0.29) is 5.41 Å². The van der Waals surface area contributed by atoms with Gasteiger partial charge in [0.2, 0.25) is 0 Å². The molecule has 160 valence electrons. The topological polar surface area (TPSA) is 54.9 Å². The van der Waals surface area contributed by atoms with Gasteiger partial charge in [-0.1, -0.05) is 54.6 Å². The number of aliphatic imine (C=N–C) groups is 1. The molecule has 1 aliphatic carbocycles. The van der Waals surface area contributed by atoms with E-state index in [1.165, 1.54) is 29.5 Å². The highest BCUT2D eigenvalue weighted by Crippen LogP contribution is 2.47. The van der Waals surface area contributed by atoms with E-state index in [1.807, 2.05) is 7.05 Å². The number of hydrogen-bond donors (Lipinski definition) is 2. The van der Waals surface area contributed by atoms with Gasteiger partial charge in [-0.05, 0) is 42.4 Å². The van der Waals surface area contributed by atoms with Crippen LogP contribution < -0.4 is 10.6 Å².